The molecule has 2 saturated carbocycles. The van der Waals surface area contributed by atoms with Crippen LogP contribution >= 0.6 is 11.3 Å². The Hall–Kier alpha value is -5.49. The molecule has 2 aliphatic heterocycles. The minimum absolute atomic E-state index is 0.0230. The summed E-state index contributed by atoms with van der Waals surface area (Å²) in [6.07, 6.45) is 15.5. The summed E-state index contributed by atoms with van der Waals surface area (Å²) in [7, 11) is 0. The lowest BCUT2D eigenvalue weighted by Crippen LogP contribution is -2.56. The number of nitrogens with one attached hydrogen (secondary N) is 3. The minimum atomic E-state index is -1.48. The van der Waals surface area contributed by atoms with Gasteiger partial charge in [-0.3, -0.25) is 14.4 Å². The first-order chi connectivity index (χ1) is 28.2. The van der Waals surface area contributed by atoms with E-state index in [0.717, 1.165) is 44.9 Å². The number of aromatic nitrogens is 2. The zero-order valence-electron chi connectivity index (χ0n) is 33.8. The normalized spacial score (nSPS) is 25.7. The molecule has 1 saturated heterocycles. The molecule has 0 unspecified atom stereocenters. The van der Waals surface area contributed by atoms with E-state index in [4.69, 9.17) is 20.9 Å². The van der Waals surface area contributed by atoms with Gasteiger partial charge in [-0.05, 0) is 68.9 Å². The van der Waals surface area contributed by atoms with E-state index >= 15 is 0 Å². The van der Waals surface area contributed by atoms with Crippen molar-refractivity contribution in [1.29, 1.82) is 0 Å². The molecule has 3 aromatic rings. The second kappa shape index (κ2) is 17.4. The number of amides is 4. The fourth-order valence-electron chi connectivity index (χ4n) is 8.32. The van der Waals surface area contributed by atoms with Gasteiger partial charge < -0.3 is 35.4 Å². The number of terminal acetylenes is 1. The lowest BCUT2D eigenvalue weighted by molar-refractivity contribution is -0.145. The monoisotopic (exact) mass is 824 g/mol. The van der Waals surface area contributed by atoms with Crippen molar-refractivity contribution in [2.75, 3.05) is 11.9 Å². The smallest absolute Gasteiger partial charge is 0.408 e. The van der Waals surface area contributed by atoms with Gasteiger partial charge in [0, 0.05) is 35.6 Å². The van der Waals surface area contributed by atoms with E-state index in [-0.39, 0.29) is 42.7 Å². The van der Waals surface area contributed by atoms with Gasteiger partial charge in [0.25, 0.3) is 0 Å². The summed E-state index contributed by atoms with van der Waals surface area (Å²) in [6, 6.07) is 5.03. The lowest BCUT2D eigenvalue weighted by atomic mass is 9.92. The number of carbonyl (C=O) groups excluding carboxylic acids is 4. The maximum Gasteiger partial charge on any atom is 0.408 e. The highest BCUT2D eigenvalue weighted by atomic mass is 32.1. The molecule has 59 heavy (non-hydrogen) atoms. The number of allylic oxidation sites excluding steroid dienone is 1. The number of thiazole rings is 1. The number of aliphatic carboxylic acids is 1. The first-order valence-electron chi connectivity index (χ1n) is 20.6. The Morgan fingerprint density at radius 3 is 2.59 bits per heavy atom. The number of anilines is 1. The van der Waals surface area contributed by atoms with Crippen LogP contribution in [-0.2, 0) is 23.9 Å². The van der Waals surface area contributed by atoms with Crippen LogP contribution in [0, 0.1) is 23.7 Å². The van der Waals surface area contributed by atoms with Crippen LogP contribution < -0.4 is 20.7 Å². The number of carbonyl (C=O) groups is 5. The molecule has 1 aromatic carbocycles. The summed E-state index contributed by atoms with van der Waals surface area (Å²) >= 11 is 1.26. The van der Waals surface area contributed by atoms with Crippen molar-refractivity contribution in [3.63, 3.8) is 0 Å². The quantitative estimate of drug-likeness (QED) is 0.143. The average Bonchev–Trinajstić information content (AvgIpc) is 3.61. The third-order valence-corrected chi connectivity index (χ3v) is 12.2. The number of hydrogen-bond donors (Lipinski definition) is 4. The first kappa shape index (κ1) is 41.7. The van der Waals surface area contributed by atoms with Gasteiger partial charge in [-0.15, -0.1) is 17.8 Å². The molecule has 4 amide bonds. The maximum absolute atomic E-state index is 14.6. The van der Waals surface area contributed by atoms with Crippen LogP contribution in [-0.4, -0.2) is 86.1 Å². The zero-order valence-corrected chi connectivity index (χ0v) is 34.6. The fourth-order valence-corrected chi connectivity index (χ4v) is 9.04. The van der Waals surface area contributed by atoms with Gasteiger partial charge in [0.2, 0.25) is 17.7 Å². The second-order valence-electron chi connectivity index (χ2n) is 17.3. The number of hydrogen-bond acceptors (Lipinski definition) is 10. The third-order valence-electron chi connectivity index (χ3n) is 11.4. The van der Waals surface area contributed by atoms with Crippen LogP contribution in [0.1, 0.15) is 103 Å². The molecule has 0 radical (unpaired) electrons. The summed E-state index contributed by atoms with van der Waals surface area (Å²) in [5, 5.41) is 21.6. The van der Waals surface area contributed by atoms with E-state index in [2.05, 4.69) is 26.9 Å². The Labute approximate surface area is 347 Å². The van der Waals surface area contributed by atoms with Gasteiger partial charge in [0.1, 0.15) is 41.3 Å². The summed E-state index contributed by atoms with van der Waals surface area (Å²) in [6.45, 7) is 5.92. The molecular formula is C44H52N6O8S. The van der Waals surface area contributed by atoms with Crippen molar-refractivity contribution >= 4 is 57.2 Å². The van der Waals surface area contributed by atoms with Crippen LogP contribution in [0.2, 0.25) is 0 Å². The highest BCUT2D eigenvalue weighted by Gasteiger charge is 2.61. The predicted molar refractivity (Wildman–Crippen MR) is 223 cm³/mol. The fraction of sp³-hybridized carbons (Fsp3) is 0.523. The molecule has 4 aliphatic rings. The number of pyridine rings is 1. The number of carboxylic acids is 1. The number of nitrogens with zero attached hydrogens (tertiary/aromatic N) is 3. The molecule has 312 valence electrons. The number of carboxylic acid groups (broad SMARTS) is 1. The van der Waals surface area contributed by atoms with Crippen LogP contribution in [0.5, 0.6) is 5.75 Å². The van der Waals surface area contributed by atoms with Gasteiger partial charge >= 0.3 is 12.1 Å². The summed E-state index contributed by atoms with van der Waals surface area (Å²) in [5.74, 6) is 0.329. The van der Waals surface area contributed by atoms with Crippen molar-refractivity contribution in [3.8, 4) is 29.5 Å². The van der Waals surface area contributed by atoms with E-state index < -0.39 is 47.6 Å². The average molecular weight is 825 g/mol. The Balaban J connectivity index is 1.19. The molecule has 3 fully saturated rings. The molecular weight excluding hydrogens is 773 g/mol. The highest BCUT2D eigenvalue weighted by Crippen LogP contribution is 2.45. The molecule has 15 heteroatoms. The summed E-state index contributed by atoms with van der Waals surface area (Å²) in [5.41, 5.74) is 0.232. The van der Waals surface area contributed by atoms with Gasteiger partial charge in [-0.1, -0.05) is 57.8 Å². The molecule has 2 aliphatic carbocycles. The third kappa shape index (κ3) is 9.70. The number of para-hydroxylation sites is 1. The van der Waals surface area contributed by atoms with Crippen molar-refractivity contribution in [2.24, 2.45) is 11.3 Å². The van der Waals surface area contributed by atoms with Gasteiger partial charge in [0.15, 0.2) is 5.13 Å². The minimum Gasteiger partial charge on any atom is -0.488 e. The number of ether oxygens (including phenoxy) is 2. The SMILES string of the molecule is C#Cc1cccc2c(O[C@@H]3C[C@H]4C(=O)N[C@]5(C(=O)O)C[C@@H]5/C=C\CCCCC[C@H](NC(=O)OC5CCCC5)C(=O)N4C3)cc(-c3csc(NC(=O)CC(C)(C)C)n3)nc12. The Morgan fingerprint density at radius 1 is 1.07 bits per heavy atom. The van der Waals surface area contributed by atoms with E-state index in [1.54, 1.807) is 23.6 Å². The lowest BCUT2D eigenvalue weighted by Gasteiger charge is -2.29. The number of fused-ring (bicyclic) bond motifs is 3. The van der Waals surface area contributed by atoms with Crippen molar-refractivity contribution in [1.82, 2.24) is 25.5 Å². The standard InChI is InChI=1S/C44H52N6O8S/c1-5-26-14-13-18-30-35(21-32(45-37(26)30)33-25-59-41(46-33)48-36(51)23-43(2,3)4)57-29-20-34-38(52)49-44(40(54)55)22-27(44)15-9-7-6-8-10-19-31(39(53)50(34)24-29)47-42(56)58-28-16-11-12-17-28/h1,9,13-15,18,21,25,27-29,31,34H,6-8,10-12,16-17,19-20,22-24H2,2-4H3,(H,47,56)(H,49,52)(H,54,55)(H,46,48,51)/b15-9-/t27-,29+,31-,34-,44+/m0/s1. The van der Waals surface area contributed by atoms with Crippen molar-refractivity contribution in [2.45, 2.75) is 128 Å². The van der Waals surface area contributed by atoms with Gasteiger partial charge in [-0.2, -0.15) is 0 Å². The van der Waals surface area contributed by atoms with Gasteiger partial charge in [-0.25, -0.2) is 19.6 Å². The van der Waals surface area contributed by atoms with Crippen LogP contribution in [0.4, 0.5) is 9.93 Å². The van der Waals surface area contributed by atoms with E-state index in [1.165, 1.54) is 16.2 Å². The molecule has 2 aromatic heterocycles. The largest absolute Gasteiger partial charge is 0.488 e. The van der Waals surface area contributed by atoms with Crippen LogP contribution in [0.25, 0.3) is 22.3 Å². The second-order valence-corrected chi connectivity index (χ2v) is 18.2. The zero-order chi connectivity index (χ0) is 41.9. The van der Waals surface area contributed by atoms with Crippen LogP contribution in [0.15, 0.2) is 41.8 Å². The highest BCUT2D eigenvalue weighted by molar-refractivity contribution is 7.14. The Kier molecular flexibility index (Phi) is 12.3. The molecule has 14 nitrogen and oxygen atoms in total. The maximum atomic E-state index is 14.6. The van der Waals surface area contributed by atoms with Crippen LogP contribution in [0.3, 0.4) is 0 Å². The molecule has 7 rings (SSSR count). The number of benzene rings is 1. The predicted octanol–water partition coefficient (Wildman–Crippen LogP) is 6.58. The van der Waals surface area contributed by atoms with E-state index in [0.29, 0.717) is 58.0 Å². The Bertz CT molecular complexity index is 2180. The molecule has 4 heterocycles. The van der Waals surface area contributed by atoms with E-state index in [1.807, 2.05) is 39.0 Å². The first-order valence-corrected chi connectivity index (χ1v) is 21.4. The summed E-state index contributed by atoms with van der Waals surface area (Å²) in [4.78, 5) is 78.2. The Morgan fingerprint density at radius 2 is 1.85 bits per heavy atom. The molecule has 0 bridgehead atoms. The topological polar surface area (TPSA) is 189 Å². The number of alkyl carbamates (subject to hydrolysis) is 1. The molecule has 0 spiro atoms. The molecule has 5 atom stereocenters. The van der Waals surface area contributed by atoms with Crippen molar-refractivity contribution in [3.05, 3.63) is 47.4 Å². The van der Waals surface area contributed by atoms with E-state index in [9.17, 15) is 29.1 Å². The van der Waals surface area contributed by atoms with Crippen molar-refractivity contribution < 1.29 is 38.6 Å². The molecule has 4 N–H and O–H groups in total. The van der Waals surface area contributed by atoms with Gasteiger partial charge in [0.05, 0.1) is 23.3 Å². The number of rotatable bonds is 8. The summed E-state index contributed by atoms with van der Waals surface area (Å²) < 4.78 is 12.4.